The highest BCUT2D eigenvalue weighted by Crippen LogP contribution is 2.34. The molecule has 1 N–H and O–H groups in total. The van der Waals surface area contributed by atoms with Gasteiger partial charge in [0.2, 0.25) is 0 Å². The Kier molecular flexibility index (Phi) is 4.67. The lowest BCUT2D eigenvalue weighted by Crippen LogP contribution is -2.32. The quantitative estimate of drug-likeness (QED) is 0.840. The minimum Gasteiger partial charge on any atom is -0.469 e. The number of hydrogen-bond donors (Lipinski definition) is 1. The lowest BCUT2D eigenvalue weighted by atomic mass is 9.82. The number of benzene rings is 1. The van der Waals surface area contributed by atoms with Crippen molar-refractivity contribution < 1.29 is 24.2 Å². The number of carbonyl (C=O) groups is 2. The standard InChI is InChI=1S/C14H18O5/c1-14(2,13(17)19-4)11(15)9-5-7-10(8-6-9)12(16)18-3/h5-8,11,15H,1-4H3. The van der Waals surface area contributed by atoms with Crippen molar-refractivity contribution >= 4 is 11.9 Å². The molecule has 0 bridgehead atoms. The summed E-state index contributed by atoms with van der Waals surface area (Å²) >= 11 is 0. The summed E-state index contributed by atoms with van der Waals surface area (Å²) in [6.07, 6.45) is -1.02. The Hall–Kier alpha value is -1.88. The van der Waals surface area contributed by atoms with Crippen LogP contribution in [0.2, 0.25) is 0 Å². The Morgan fingerprint density at radius 2 is 1.63 bits per heavy atom. The predicted molar refractivity (Wildman–Crippen MR) is 68.5 cm³/mol. The lowest BCUT2D eigenvalue weighted by molar-refractivity contribution is -0.157. The number of esters is 2. The van der Waals surface area contributed by atoms with E-state index in [0.29, 0.717) is 11.1 Å². The molecule has 1 atom stereocenters. The molecular weight excluding hydrogens is 248 g/mol. The summed E-state index contributed by atoms with van der Waals surface area (Å²) in [7, 11) is 2.57. The van der Waals surface area contributed by atoms with Crippen molar-refractivity contribution in [3.8, 4) is 0 Å². The Balaban J connectivity index is 2.98. The van der Waals surface area contributed by atoms with Gasteiger partial charge in [0.05, 0.1) is 31.3 Å². The minimum absolute atomic E-state index is 0.384. The van der Waals surface area contributed by atoms with Crippen LogP contribution in [0.4, 0.5) is 0 Å². The van der Waals surface area contributed by atoms with Crippen LogP contribution in [0, 0.1) is 5.41 Å². The summed E-state index contributed by atoms with van der Waals surface area (Å²) in [5.41, 5.74) is -0.154. The SMILES string of the molecule is COC(=O)c1ccc(C(O)C(C)(C)C(=O)OC)cc1. The number of ether oxygens (including phenoxy) is 2. The Morgan fingerprint density at radius 3 is 2.05 bits per heavy atom. The van der Waals surface area contributed by atoms with E-state index in [2.05, 4.69) is 9.47 Å². The highest BCUT2D eigenvalue weighted by atomic mass is 16.5. The van der Waals surface area contributed by atoms with E-state index >= 15 is 0 Å². The van der Waals surface area contributed by atoms with Crippen LogP contribution in [-0.2, 0) is 14.3 Å². The fraction of sp³-hybridized carbons (Fsp3) is 0.429. The van der Waals surface area contributed by atoms with E-state index in [1.54, 1.807) is 26.0 Å². The van der Waals surface area contributed by atoms with Gasteiger partial charge in [-0.05, 0) is 31.5 Å². The predicted octanol–water partition coefficient (Wildman–Crippen LogP) is 1.71. The summed E-state index contributed by atoms with van der Waals surface area (Å²) in [5, 5.41) is 10.2. The van der Waals surface area contributed by atoms with Crippen LogP contribution in [-0.4, -0.2) is 31.3 Å². The third-order valence-corrected chi connectivity index (χ3v) is 3.04. The molecule has 5 nitrogen and oxygen atoms in total. The molecule has 0 saturated carbocycles. The average Bonchev–Trinajstić information content (AvgIpc) is 2.44. The van der Waals surface area contributed by atoms with E-state index in [4.69, 9.17) is 0 Å². The second-order valence-corrected chi connectivity index (χ2v) is 4.73. The highest BCUT2D eigenvalue weighted by Gasteiger charge is 2.37. The van der Waals surface area contributed by atoms with Gasteiger partial charge in [0.25, 0.3) is 0 Å². The van der Waals surface area contributed by atoms with E-state index in [1.807, 2.05) is 0 Å². The molecule has 1 unspecified atom stereocenters. The monoisotopic (exact) mass is 266 g/mol. The molecule has 0 amide bonds. The third kappa shape index (κ3) is 3.12. The van der Waals surface area contributed by atoms with Crippen molar-refractivity contribution in [1.29, 1.82) is 0 Å². The average molecular weight is 266 g/mol. The van der Waals surface area contributed by atoms with Gasteiger partial charge in [-0.2, -0.15) is 0 Å². The summed E-state index contributed by atoms with van der Waals surface area (Å²) in [4.78, 5) is 22.9. The van der Waals surface area contributed by atoms with Gasteiger partial charge in [-0.1, -0.05) is 12.1 Å². The minimum atomic E-state index is -1.07. The molecule has 19 heavy (non-hydrogen) atoms. The first-order valence-electron chi connectivity index (χ1n) is 5.79. The maximum absolute atomic E-state index is 11.6. The Bertz CT molecular complexity index is 461. The molecule has 1 rings (SSSR count). The van der Waals surface area contributed by atoms with Gasteiger partial charge >= 0.3 is 11.9 Å². The maximum atomic E-state index is 11.6. The van der Waals surface area contributed by atoms with E-state index in [-0.39, 0.29) is 0 Å². The summed E-state index contributed by atoms with van der Waals surface area (Å²) in [6, 6.07) is 6.25. The van der Waals surface area contributed by atoms with Crippen molar-refractivity contribution in [1.82, 2.24) is 0 Å². The fourth-order valence-electron chi connectivity index (χ4n) is 1.71. The smallest absolute Gasteiger partial charge is 0.337 e. The van der Waals surface area contributed by atoms with E-state index in [0.717, 1.165) is 0 Å². The molecule has 5 heteroatoms. The highest BCUT2D eigenvalue weighted by molar-refractivity contribution is 5.89. The number of hydrogen-bond acceptors (Lipinski definition) is 5. The summed E-state index contributed by atoms with van der Waals surface area (Å²) in [6.45, 7) is 3.19. The van der Waals surface area contributed by atoms with Gasteiger partial charge in [0.15, 0.2) is 0 Å². The topological polar surface area (TPSA) is 72.8 Å². The molecule has 0 aliphatic rings. The summed E-state index contributed by atoms with van der Waals surface area (Å²) < 4.78 is 9.25. The van der Waals surface area contributed by atoms with Gasteiger partial charge in [-0.3, -0.25) is 4.79 Å². The second kappa shape index (κ2) is 5.84. The third-order valence-electron chi connectivity index (χ3n) is 3.04. The van der Waals surface area contributed by atoms with E-state index in [9.17, 15) is 14.7 Å². The van der Waals surface area contributed by atoms with Crippen LogP contribution in [0.3, 0.4) is 0 Å². The van der Waals surface area contributed by atoms with Crippen molar-refractivity contribution in [3.63, 3.8) is 0 Å². The van der Waals surface area contributed by atoms with E-state index in [1.165, 1.54) is 26.4 Å². The summed E-state index contributed by atoms with van der Waals surface area (Å²) in [5.74, 6) is -0.953. The molecule has 0 radical (unpaired) electrons. The first kappa shape index (κ1) is 15.2. The molecule has 0 spiro atoms. The fourth-order valence-corrected chi connectivity index (χ4v) is 1.71. The van der Waals surface area contributed by atoms with E-state index < -0.39 is 23.5 Å². The van der Waals surface area contributed by atoms with Gasteiger partial charge in [-0.25, -0.2) is 4.79 Å². The molecule has 104 valence electrons. The zero-order valence-corrected chi connectivity index (χ0v) is 11.5. The van der Waals surface area contributed by atoms with Crippen LogP contribution >= 0.6 is 0 Å². The van der Waals surface area contributed by atoms with Gasteiger partial charge in [0.1, 0.15) is 0 Å². The molecule has 1 aromatic rings. The Morgan fingerprint density at radius 1 is 1.11 bits per heavy atom. The molecule has 0 aliphatic carbocycles. The molecule has 1 aromatic carbocycles. The second-order valence-electron chi connectivity index (χ2n) is 4.73. The molecule has 0 fully saturated rings. The molecule has 0 aromatic heterocycles. The van der Waals surface area contributed by atoms with Crippen LogP contribution in [0.25, 0.3) is 0 Å². The van der Waals surface area contributed by atoms with Gasteiger partial charge < -0.3 is 14.6 Å². The number of methoxy groups -OCH3 is 2. The molecular formula is C14H18O5. The van der Waals surface area contributed by atoms with Crippen molar-refractivity contribution in [2.75, 3.05) is 14.2 Å². The molecule has 0 heterocycles. The first-order chi connectivity index (χ1) is 8.84. The van der Waals surface area contributed by atoms with Crippen LogP contribution in [0.15, 0.2) is 24.3 Å². The van der Waals surface area contributed by atoms with Gasteiger partial charge in [-0.15, -0.1) is 0 Å². The maximum Gasteiger partial charge on any atom is 0.337 e. The number of aliphatic hydroxyl groups is 1. The number of carbonyl (C=O) groups excluding carboxylic acids is 2. The van der Waals surface area contributed by atoms with Crippen molar-refractivity contribution in [2.24, 2.45) is 5.41 Å². The zero-order valence-electron chi connectivity index (χ0n) is 11.5. The zero-order chi connectivity index (χ0) is 14.6. The number of aliphatic hydroxyl groups excluding tert-OH is 1. The van der Waals surface area contributed by atoms with Crippen molar-refractivity contribution in [3.05, 3.63) is 35.4 Å². The van der Waals surface area contributed by atoms with Crippen LogP contribution in [0.1, 0.15) is 35.9 Å². The largest absolute Gasteiger partial charge is 0.469 e. The Labute approximate surface area is 112 Å². The van der Waals surface area contributed by atoms with Gasteiger partial charge in [0, 0.05) is 0 Å². The van der Waals surface area contributed by atoms with Crippen molar-refractivity contribution in [2.45, 2.75) is 20.0 Å². The normalized spacial score (nSPS) is 12.7. The van der Waals surface area contributed by atoms with Crippen LogP contribution < -0.4 is 0 Å². The molecule has 0 aliphatic heterocycles. The lowest BCUT2D eigenvalue weighted by Gasteiger charge is -2.27. The van der Waals surface area contributed by atoms with Crippen LogP contribution in [0.5, 0.6) is 0 Å². The molecule has 0 saturated heterocycles. The number of rotatable bonds is 4. The first-order valence-corrected chi connectivity index (χ1v) is 5.79.